The van der Waals surface area contributed by atoms with E-state index in [0.29, 0.717) is 24.1 Å². The van der Waals surface area contributed by atoms with Gasteiger partial charge in [-0.25, -0.2) is 0 Å². The molecule has 31 heavy (non-hydrogen) atoms. The summed E-state index contributed by atoms with van der Waals surface area (Å²) in [6.45, 7) is 6.19. The first-order chi connectivity index (χ1) is 15.0. The van der Waals surface area contributed by atoms with Crippen molar-refractivity contribution in [1.29, 1.82) is 0 Å². The molecular formula is C26H27NO4. The Balaban J connectivity index is 1.78. The second-order valence-corrected chi connectivity index (χ2v) is 7.96. The van der Waals surface area contributed by atoms with Crippen LogP contribution in [0.25, 0.3) is 0 Å². The summed E-state index contributed by atoms with van der Waals surface area (Å²) in [5.41, 5.74) is 4.11. The number of carbonyl (C=O) groups excluding carboxylic acids is 2. The molecule has 0 bridgehead atoms. The summed E-state index contributed by atoms with van der Waals surface area (Å²) < 4.78 is 10.6. The smallest absolute Gasteiger partial charge is 0.315 e. The predicted molar refractivity (Wildman–Crippen MR) is 119 cm³/mol. The molecule has 0 fully saturated rings. The molecule has 160 valence electrons. The monoisotopic (exact) mass is 417 g/mol. The van der Waals surface area contributed by atoms with Gasteiger partial charge in [-0.05, 0) is 42.5 Å². The van der Waals surface area contributed by atoms with E-state index in [0.717, 1.165) is 22.6 Å². The number of Topliss-reactive ketones (excluding diaryl/α,β-unsaturated/α-hetero) is 1. The van der Waals surface area contributed by atoms with E-state index in [2.05, 4.69) is 24.0 Å². The molecule has 4 rings (SSSR count). The molecule has 3 unspecified atom stereocenters. The predicted octanol–water partition coefficient (Wildman–Crippen LogP) is 4.48. The minimum atomic E-state index is -0.663. The van der Waals surface area contributed by atoms with E-state index >= 15 is 0 Å². The Hall–Kier alpha value is -3.34. The third-order valence-corrected chi connectivity index (χ3v) is 6.13. The molecule has 3 atom stereocenters. The van der Waals surface area contributed by atoms with Crippen LogP contribution in [0.5, 0.6) is 5.75 Å². The maximum atomic E-state index is 13.4. The number of allylic oxidation sites excluding steroid dienone is 2. The topological polar surface area (TPSA) is 64.6 Å². The number of hydrogen-bond donors (Lipinski definition) is 1. The number of ketones is 1. The van der Waals surface area contributed by atoms with Crippen LogP contribution in [-0.2, 0) is 14.3 Å². The Morgan fingerprint density at radius 3 is 2.42 bits per heavy atom. The maximum Gasteiger partial charge on any atom is 0.315 e. The van der Waals surface area contributed by atoms with Crippen LogP contribution in [0.4, 0.5) is 0 Å². The minimum Gasteiger partial charge on any atom is -0.497 e. The SMILES string of the molecule is C=C1NC2=C(C(=O)CC(c3ccccc3)C2)C(c2ccc(OC)cc2)C1C(=O)OCC. The normalized spacial score (nSPS) is 23.1. The molecule has 2 aromatic rings. The molecule has 0 radical (unpaired) electrons. The van der Waals surface area contributed by atoms with Gasteiger partial charge in [-0.15, -0.1) is 0 Å². The summed E-state index contributed by atoms with van der Waals surface area (Å²) in [4.78, 5) is 26.3. The van der Waals surface area contributed by atoms with Crippen molar-refractivity contribution >= 4 is 11.8 Å². The zero-order valence-electron chi connectivity index (χ0n) is 17.9. The number of nitrogens with one attached hydrogen (secondary N) is 1. The zero-order valence-corrected chi connectivity index (χ0v) is 17.9. The highest BCUT2D eigenvalue weighted by Crippen LogP contribution is 2.47. The number of benzene rings is 2. The first-order valence-corrected chi connectivity index (χ1v) is 10.6. The first-order valence-electron chi connectivity index (χ1n) is 10.6. The molecule has 0 saturated heterocycles. The number of methoxy groups -OCH3 is 1. The van der Waals surface area contributed by atoms with Crippen LogP contribution in [0.15, 0.2) is 78.1 Å². The van der Waals surface area contributed by atoms with Gasteiger partial charge in [-0.1, -0.05) is 49.0 Å². The minimum absolute atomic E-state index is 0.0604. The summed E-state index contributed by atoms with van der Waals surface area (Å²) in [6.07, 6.45) is 1.12. The van der Waals surface area contributed by atoms with Gasteiger partial charge in [-0.3, -0.25) is 9.59 Å². The fraction of sp³-hybridized carbons (Fsp3) is 0.308. The van der Waals surface area contributed by atoms with Crippen molar-refractivity contribution in [2.45, 2.75) is 31.6 Å². The maximum absolute atomic E-state index is 13.4. The third kappa shape index (κ3) is 4.00. The summed E-state index contributed by atoms with van der Waals surface area (Å²) >= 11 is 0. The van der Waals surface area contributed by atoms with Gasteiger partial charge in [0.05, 0.1) is 13.7 Å². The lowest BCUT2D eigenvalue weighted by Gasteiger charge is -2.40. The van der Waals surface area contributed by atoms with Gasteiger partial charge in [-0.2, -0.15) is 0 Å². The van der Waals surface area contributed by atoms with Crippen molar-refractivity contribution < 1.29 is 19.1 Å². The van der Waals surface area contributed by atoms with E-state index < -0.39 is 11.8 Å². The summed E-state index contributed by atoms with van der Waals surface area (Å²) in [7, 11) is 1.61. The van der Waals surface area contributed by atoms with Gasteiger partial charge in [0.25, 0.3) is 0 Å². The average molecular weight is 418 g/mol. The van der Waals surface area contributed by atoms with Crippen molar-refractivity contribution in [2.24, 2.45) is 5.92 Å². The molecule has 2 aliphatic rings. The van der Waals surface area contributed by atoms with Gasteiger partial charge < -0.3 is 14.8 Å². The van der Waals surface area contributed by atoms with Gasteiger partial charge in [0.1, 0.15) is 11.7 Å². The summed E-state index contributed by atoms with van der Waals surface area (Å²) in [6, 6.07) is 17.6. The van der Waals surface area contributed by atoms with Crippen molar-refractivity contribution in [3.8, 4) is 5.75 Å². The quantitative estimate of drug-likeness (QED) is 0.727. The average Bonchev–Trinajstić information content (AvgIpc) is 2.78. The molecule has 0 saturated carbocycles. The van der Waals surface area contributed by atoms with Crippen molar-refractivity contribution in [1.82, 2.24) is 5.32 Å². The fourth-order valence-corrected chi connectivity index (χ4v) is 4.69. The summed E-state index contributed by atoms with van der Waals surface area (Å²) in [5, 5.41) is 3.30. The van der Waals surface area contributed by atoms with E-state index in [1.165, 1.54) is 0 Å². The largest absolute Gasteiger partial charge is 0.497 e. The highest BCUT2D eigenvalue weighted by atomic mass is 16.5. The van der Waals surface area contributed by atoms with Gasteiger partial charge >= 0.3 is 5.97 Å². The molecule has 5 nitrogen and oxygen atoms in total. The van der Waals surface area contributed by atoms with E-state index in [9.17, 15) is 9.59 Å². The van der Waals surface area contributed by atoms with Crippen LogP contribution in [0.2, 0.25) is 0 Å². The number of hydrogen-bond acceptors (Lipinski definition) is 5. The van der Waals surface area contributed by atoms with E-state index in [1.54, 1.807) is 14.0 Å². The first kappa shape index (κ1) is 20.9. The van der Waals surface area contributed by atoms with E-state index in [1.807, 2.05) is 42.5 Å². The summed E-state index contributed by atoms with van der Waals surface area (Å²) in [5.74, 6) is -0.584. The van der Waals surface area contributed by atoms with E-state index in [-0.39, 0.29) is 24.3 Å². The highest BCUT2D eigenvalue weighted by molar-refractivity contribution is 6.01. The van der Waals surface area contributed by atoms with Crippen LogP contribution in [-0.4, -0.2) is 25.5 Å². The van der Waals surface area contributed by atoms with Crippen LogP contribution in [0, 0.1) is 5.92 Å². The Bertz CT molecular complexity index is 1020. The lowest BCUT2D eigenvalue weighted by molar-refractivity contribution is -0.147. The number of carbonyl (C=O) groups is 2. The molecule has 1 heterocycles. The molecule has 0 spiro atoms. The zero-order chi connectivity index (χ0) is 22.0. The molecule has 0 aromatic heterocycles. The Labute approximate surface area is 182 Å². The fourth-order valence-electron chi connectivity index (χ4n) is 4.69. The highest BCUT2D eigenvalue weighted by Gasteiger charge is 2.45. The van der Waals surface area contributed by atoms with Crippen molar-refractivity contribution in [3.63, 3.8) is 0 Å². The van der Waals surface area contributed by atoms with Gasteiger partial charge in [0.15, 0.2) is 5.78 Å². The van der Waals surface area contributed by atoms with Gasteiger partial charge in [0, 0.05) is 29.3 Å². The lowest BCUT2D eigenvalue weighted by Crippen LogP contribution is -2.42. The standard InChI is InChI=1S/C26H27NO4/c1-4-31-26(29)23-16(2)27-21-14-19(17-8-6-5-7-9-17)15-22(28)25(21)24(23)18-10-12-20(30-3)13-11-18/h5-13,19,23-24,27H,2,4,14-15H2,1,3H3. The molecule has 1 N–H and O–H groups in total. The molecule has 1 aliphatic carbocycles. The van der Waals surface area contributed by atoms with Crippen LogP contribution in [0.3, 0.4) is 0 Å². The van der Waals surface area contributed by atoms with Crippen LogP contribution < -0.4 is 10.1 Å². The molecular weight excluding hydrogens is 390 g/mol. The molecule has 1 aliphatic heterocycles. The second-order valence-electron chi connectivity index (χ2n) is 7.96. The third-order valence-electron chi connectivity index (χ3n) is 6.13. The molecule has 5 heteroatoms. The molecule has 2 aromatic carbocycles. The van der Waals surface area contributed by atoms with Crippen molar-refractivity contribution in [2.75, 3.05) is 13.7 Å². The van der Waals surface area contributed by atoms with Crippen LogP contribution in [0.1, 0.15) is 42.7 Å². The van der Waals surface area contributed by atoms with E-state index in [4.69, 9.17) is 9.47 Å². The Morgan fingerprint density at radius 2 is 1.77 bits per heavy atom. The van der Waals surface area contributed by atoms with Crippen LogP contribution >= 0.6 is 0 Å². The molecule has 0 amide bonds. The lowest BCUT2D eigenvalue weighted by atomic mass is 9.69. The second kappa shape index (κ2) is 8.80. The Morgan fingerprint density at radius 1 is 1.06 bits per heavy atom. The Kier molecular flexibility index (Phi) is 5.94. The number of rotatable bonds is 5. The van der Waals surface area contributed by atoms with Crippen molar-refractivity contribution in [3.05, 3.63) is 89.3 Å². The van der Waals surface area contributed by atoms with Gasteiger partial charge in [0.2, 0.25) is 0 Å². The number of ether oxygens (including phenoxy) is 2. The number of esters is 1.